The molecular formula is C73H109N11O4S. The first-order valence-corrected chi connectivity index (χ1v) is 34.4. The Morgan fingerprint density at radius 3 is 1.39 bits per heavy atom. The number of piperidine rings is 1. The van der Waals surface area contributed by atoms with Crippen LogP contribution in [0.4, 0.5) is 17.3 Å². The molecule has 15 nitrogen and oxygen atoms in total. The molecule has 89 heavy (non-hydrogen) atoms. The molecule has 16 heteroatoms. The first-order chi connectivity index (χ1) is 43.4. The molecule has 486 valence electrons. The van der Waals surface area contributed by atoms with Crippen molar-refractivity contribution in [2.75, 3.05) is 153 Å². The number of aromatic nitrogens is 2. The minimum absolute atomic E-state index is 0.893. The molecule has 7 aliphatic rings. The third-order valence-corrected chi connectivity index (χ3v) is 18.5. The minimum atomic E-state index is 0.893. The van der Waals surface area contributed by atoms with E-state index in [4.69, 9.17) is 18.0 Å². The van der Waals surface area contributed by atoms with Crippen molar-refractivity contribution < 1.29 is 18.0 Å². The number of nitrogens with zero attached hydrogens (tertiary/aromatic N) is 10. The lowest BCUT2D eigenvalue weighted by Gasteiger charge is -2.33. The van der Waals surface area contributed by atoms with Crippen molar-refractivity contribution in [3.05, 3.63) is 170 Å². The van der Waals surface area contributed by atoms with Crippen molar-refractivity contribution in [3.63, 3.8) is 0 Å². The highest BCUT2D eigenvalue weighted by Gasteiger charge is 2.18. The molecule has 13 heterocycles. The number of hydrogen-bond donors (Lipinski definition) is 1. The van der Waals surface area contributed by atoms with Crippen LogP contribution in [0.1, 0.15) is 119 Å². The highest BCUT2D eigenvalue weighted by atomic mass is 32.1. The van der Waals surface area contributed by atoms with Gasteiger partial charge in [0, 0.05) is 121 Å². The summed E-state index contributed by atoms with van der Waals surface area (Å²) in [6.07, 6.45) is 21.4. The summed E-state index contributed by atoms with van der Waals surface area (Å²) in [4.78, 5) is 29.6. The molecule has 7 aliphatic heterocycles. The van der Waals surface area contributed by atoms with Crippen LogP contribution in [0, 0.1) is 48.5 Å². The average Bonchev–Trinajstić information content (AvgIpc) is 4.62. The van der Waals surface area contributed by atoms with E-state index >= 15 is 0 Å². The summed E-state index contributed by atoms with van der Waals surface area (Å²) < 4.78 is 21.5. The predicted octanol–water partition coefficient (Wildman–Crippen LogP) is 13.4. The van der Waals surface area contributed by atoms with Crippen LogP contribution in [-0.2, 0) is 30.9 Å². The van der Waals surface area contributed by atoms with Crippen LogP contribution in [0.25, 0.3) is 0 Å². The molecule has 7 fully saturated rings. The molecule has 0 saturated carbocycles. The lowest BCUT2D eigenvalue weighted by atomic mass is 10.1. The van der Waals surface area contributed by atoms with Crippen molar-refractivity contribution in [1.82, 2.24) is 39.8 Å². The van der Waals surface area contributed by atoms with Crippen LogP contribution < -0.4 is 20.0 Å². The highest BCUT2D eigenvalue weighted by Crippen LogP contribution is 2.23. The number of ether oxygens (including phenoxy) is 1. The third-order valence-electron chi connectivity index (χ3n) is 17.5. The van der Waals surface area contributed by atoms with Crippen molar-refractivity contribution in [3.8, 4) is 0 Å². The van der Waals surface area contributed by atoms with Gasteiger partial charge in [-0.3, -0.25) is 19.6 Å². The summed E-state index contributed by atoms with van der Waals surface area (Å²) in [6.45, 7) is 41.4. The maximum atomic E-state index is 5.40. The number of furan rings is 3. The molecule has 7 aromatic rings. The first kappa shape index (κ1) is 69.1. The van der Waals surface area contributed by atoms with Gasteiger partial charge in [-0.1, -0.05) is 29.8 Å². The van der Waals surface area contributed by atoms with Crippen LogP contribution in [0.2, 0.25) is 0 Å². The molecule has 1 N–H and O–H groups in total. The fourth-order valence-corrected chi connectivity index (χ4v) is 12.8. The van der Waals surface area contributed by atoms with Crippen molar-refractivity contribution in [2.24, 2.45) is 0 Å². The molecule has 0 unspecified atom stereocenters. The zero-order chi connectivity index (χ0) is 62.4. The highest BCUT2D eigenvalue weighted by molar-refractivity contribution is 7.10. The number of likely N-dealkylation sites (tertiary alicyclic amines) is 2. The maximum Gasteiger partial charge on any atom is 0.128 e. The Kier molecular flexibility index (Phi) is 29.6. The molecule has 7 saturated heterocycles. The van der Waals surface area contributed by atoms with Gasteiger partial charge < -0.3 is 42.9 Å². The standard InChI is InChI=1S/C12H17N.C11H17N3.C10H16N2O.C10H14N2.C10H15NOS.2C10H15NO/c1-11-5-7-12(8-6-11)13-9-3-2-4-10-13;1-10-3-4-11(12-9-10)14-7-5-13(2)6-8-14;1-9-6-10(13-8-9)7-12-4-2-11-3-5-12;1-9-4-5-10(11-8-9)12-6-2-3-7-12;1-9-2-7-13-10(9)8-11-3-5-12-6-4-11;1-9-4-7-12-10(9)8-11-5-2-3-6-11;1-9-6-10(12-8-9)7-11-4-2-3-5-11/h5-8H,2-4,9-10H2,1H3;3-4,9H,5-8H2,1-2H3;6,8,11H,2-5,7H2,1H3;4-5,8H,2-3,6-7H2,1H3;2,7H,3-6,8H2,1H3;4,7H,2-3,5-6,8H2,1H3;6,8H,2-5,7H2,1H3. The molecule has 14 rings (SSSR count). The van der Waals surface area contributed by atoms with E-state index in [1.807, 2.05) is 42.3 Å². The van der Waals surface area contributed by atoms with Crippen LogP contribution in [0.5, 0.6) is 0 Å². The van der Waals surface area contributed by atoms with Gasteiger partial charge in [-0.15, -0.1) is 11.3 Å². The number of hydrogen-bond acceptors (Lipinski definition) is 16. The van der Waals surface area contributed by atoms with E-state index in [1.54, 1.807) is 6.26 Å². The molecule has 0 atom stereocenters. The monoisotopic (exact) mass is 1240 g/mol. The Bertz CT molecular complexity index is 2950. The second-order valence-electron chi connectivity index (χ2n) is 25.4. The normalized spacial score (nSPS) is 18.4. The lowest BCUT2D eigenvalue weighted by molar-refractivity contribution is 0.0345. The molecule has 0 spiro atoms. The van der Waals surface area contributed by atoms with E-state index in [-0.39, 0.29) is 0 Å². The second-order valence-corrected chi connectivity index (χ2v) is 26.4. The van der Waals surface area contributed by atoms with Crippen molar-refractivity contribution in [1.29, 1.82) is 0 Å². The molecule has 6 aromatic heterocycles. The summed E-state index contributed by atoms with van der Waals surface area (Å²) in [5.74, 6) is 5.58. The summed E-state index contributed by atoms with van der Waals surface area (Å²) in [5.41, 5.74) is 10.3. The van der Waals surface area contributed by atoms with Gasteiger partial charge in [0.25, 0.3) is 0 Å². The van der Waals surface area contributed by atoms with Crippen LogP contribution in [-0.4, -0.2) is 173 Å². The number of morpholine rings is 1. The fourth-order valence-electron chi connectivity index (χ4n) is 11.8. The van der Waals surface area contributed by atoms with Gasteiger partial charge >= 0.3 is 0 Å². The van der Waals surface area contributed by atoms with Crippen LogP contribution >= 0.6 is 11.3 Å². The van der Waals surface area contributed by atoms with Gasteiger partial charge in [0.1, 0.15) is 28.9 Å². The Morgan fingerprint density at radius 1 is 0.427 bits per heavy atom. The van der Waals surface area contributed by atoms with Crippen molar-refractivity contribution in [2.45, 2.75) is 132 Å². The lowest BCUT2D eigenvalue weighted by Crippen LogP contribution is -2.44. The first-order valence-electron chi connectivity index (χ1n) is 33.6. The van der Waals surface area contributed by atoms with Gasteiger partial charge in [0.05, 0.1) is 51.6 Å². The zero-order valence-electron chi connectivity index (χ0n) is 55.7. The Morgan fingerprint density at radius 2 is 0.910 bits per heavy atom. The summed E-state index contributed by atoms with van der Waals surface area (Å²) in [5, 5.41) is 5.51. The molecule has 0 bridgehead atoms. The van der Waals surface area contributed by atoms with Crippen LogP contribution in [0.15, 0.2) is 123 Å². The van der Waals surface area contributed by atoms with E-state index in [0.717, 1.165) is 134 Å². The zero-order valence-corrected chi connectivity index (χ0v) is 56.6. The van der Waals surface area contributed by atoms with E-state index in [9.17, 15) is 0 Å². The largest absolute Gasteiger partial charge is 0.468 e. The van der Waals surface area contributed by atoms with Gasteiger partial charge in [0.15, 0.2) is 0 Å². The maximum absolute atomic E-state index is 5.40. The molecule has 1 aromatic carbocycles. The molecular weight excluding hydrogens is 1130 g/mol. The average molecular weight is 1240 g/mol. The predicted molar refractivity (Wildman–Crippen MR) is 369 cm³/mol. The number of piperazine rings is 2. The van der Waals surface area contributed by atoms with Gasteiger partial charge in [-0.25, -0.2) is 9.97 Å². The summed E-state index contributed by atoms with van der Waals surface area (Å²) in [6, 6.07) is 25.8. The SMILES string of the molecule is Cc1ccc(N2CCCC2)nc1.Cc1ccc(N2CCCCC2)cc1.Cc1ccc(N2CCN(C)CC2)nc1.Cc1ccoc1CN1CCCC1.Cc1ccsc1CN1CCOCC1.Cc1coc(CN2CCCC2)c1.Cc1coc(CN2CCNCC2)c1. The number of thiophene rings is 1. The molecule has 0 aliphatic carbocycles. The summed E-state index contributed by atoms with van der Waals surface area (Å²) in [7, 11) is 2.17. The van der Waals surface area contributed by atoms with E-state index in [0.29, 0.717) is 0 Å². The molecule has 0 amide bonds. The topological polar surface area (TPSA) is 112 Å². The van der Waals surface area contributed by atoms with E-state index in [2.05, 4.69) is 182 Å². The number of likely N-dealkylation sites (N-methyl/N-ethyl adjacent to an activating group) is 1. The van der Waals surface area contributed by atoms with Crippen LogP contribution in [0.3, 0.4) is 0 Å². The quantitative estimate of drug-likeness (QED) is 0.132. The number of pyridine rings is 2. The minimum Gasteiger partial charge on any atom is -0.468 e. The van der Waals surface area contributed by atoms with E-state index in [1.165, 1.54) is 160 Å². The smallest absolute Gasteiger partial charge is 0.128 e. The Hall–Kier alpha value is -5.82. The number of benzene rings is 1. The van der Waals surface area contributed by atoms with Gasteiger partial charge in [-0.05, 0) is 227 Å². The van der Waals surface area contributed by atoms with Crippen molar-refractivity contribution >= 4 is 28.7 Å². The third kappa shape index (κ3) is 25.1. The molecule has 0 radical (unpaired) electrons. The fraction of sp³-hybridized carbons (Fsp3) is 0.562. The Balaban J connectivity index is 0.000000134. The number of aryl methyl sites for hydroxylation is 7. The second kappa shape index (κ2) is 38.1. The number of nitrogens with one attached hydrogen (secondary N) is 1. The summed E-state index contributed by atoms with van der Waals surface area (Å²) >= 11 is 1.86. The Labute approximate surface area is 539 Å². The number of anilines is 3. The van der Waals surface area contributed by atoms with Gasteiger partial charge in [-0.2, -0.15) is 0 Å². The van der Waals surface area contributed by atoms with E-state index < -0.39 is 0 Å². The number of rotatable bonds is 11. The van der Waals surface area contributed by atoms with Gasteiger partial charge in [0.2, 0.25) is 0 Å².